The van der Waals surface area contributed by atoms with Gasteiger partial charge in [0.2, 0.25) is 0 Å². The van der Waals surface area contributed by atoms with Crippen molar-refractivity contribution >= 4 is 18.7 Å². The zero-order valence-corrected chi connectivity index (χ0v) is 9.32. The molecule has 0 bridgehead atoms. The van der Waals surface area contributed by atoms with Crippen molar-refractivity contribution in [2.75, 3.05) is 26.3 Å². The molecule has 1 fully saturated rings. The van der Waals surface area contributed by atoms with Crippen molar-refractivity contribution in [2.45, 2.75) is 0 Å². The Bertz CT molecular complexity index is 349. The Labute approximate surface area is 96.6 Å². The summed E-state index contributed by atoms with van der Waals surface area (Å²) in [7, 11) is -0.248. The van der Waals surface area contributed by atoms with Crippen molar-refractivity contribution in [2.24, 2.45) is 0 Å². The summed E-state index contributed by atoms with van der Waals surface area (Å²) >= 11 is 0. The number of rotatable bonds is 2. The first-order valence-electron chi connectivity index (χ1n) is 5.56. The molecule has 0 unspecified atom stereocenters. The fourth-order valence-corrected chi connectivity index (χ4v) is 1.67. The SMILES string of the molecule is C=Cc1cccc(B2OCCNCCO2)c1. The third kappa shape index (κ3) is 2.95. The fraction of sp³-hybridized carbons (Fsp3) is 0.333. The van der Waals surface area contributed by atoms with E-state index in [2.05, 4.69) is 11.9 Å². The van der Waals surface area contributed by atoms with Crippen molar-refractivity contribution < 1.29 is 9.31 Å². The van der Waals surface area contributed by atoms with Gasteiger partial charge in [0, 0.05) is 26.3 Å². The lowest BCUT2D eigenvalue weighted by Gasteiger charge is -2.18. The highest BCUT2D eigenvalue weighted by Crippen LogP contribution is 2.01. The van der Waals surface area contributed by atoms with Crippen molar-refractivity contribution in [3.63, 3.8) is 0 Å². The highest BCUT2D eigenvalue weighted by Gasteiger charge is 2.22. The van der Waals surface area contributed by atoms with Crippen LogP contribution in [-0.2, 0) is 9.31 Å². The molecule has 0 radical (unpaired) electrons. The Balaban J connectivity index is 2.10. The molecule has 1 aromatic carbocycles. The summed E-state index contributed by atoms with van der Waals surface area (Å²) in [4.78, 5) is 0. The molecule has 0 saturated carbocycles. The lowest BCUT2D eigenvalue weighted by molar-refractivity contribution is 0.187. The second-order valence-corrected chi connectivity index (χ2v) is 3.70. The van der Waals surface area contributed by atoms with Gasteiger partial charge in [-0.25, -0.2) is 0 Å². The van der Waals surface area contributed by atoms with Crippen LogP contribution in [0.3, 0.4) is 0 Å². The van der Waals surface area contributed by atoms with Gasteiger partial charge in [-0.3, -0.25) is 0 Å². The molecule has 0 aliphatic carbocycles. The van der Waals surface area contributed by atoms with Crippen LogP contribution in [0.4, 0.5) is 0 Å². The second kappa shape index (κ2) is 5.84. The first-order chi connectivity index (χ1) is 7.90. The van der Waals surface area contributed by atoms with Gasteiger partial charge in [0.15, 0.2) is 0 Å². The lowest BCUT2D eigenvalue weighted by atomic mass is 9.78. The molecule has 0 amide bonds. The molecule has 1 saturated heterocycles. The molecule has 16 heavy (non-hydrogen) atoms. The van der Waals surface area contributed by atoms with Gasteiger partial charge in [-0.2, -0.15) is 0 Å². The van der Waals surface area contributed by atoms with E-state index in [1.807, 2.05) is 30.3 Å². The van der Waals surface area contributed by atoms with E-state index in [1.165, 1.54) is 0 Å². The summed E-state index contributed by atoms with van der Waals surface area (Å²) in [6, 6.07) is 8.08. The van der Waals surface area contributed by atoms with Gasteiger partial charge in [0.05, 0.1) is 0 Å². The van der Waals surface area contributed by atoms with Gasteiger partial charge in [-0.05, 0) is 11.0 Å². The average molecular weight is 217 g/mol. The first-order valence-corrected chi connectivity index (χ1v) is 5.56. The molecule has 1 aliphatic heterocycles. The molecule has 3 nitrogen and oxygen atoms in total. The van der Waals surface area contributed by atoms with E-state index in [1.54, 1.807) is 0 Å². The number of hydrogen-bond donors (Lipinski definition) is 1. The maximum absolute atomic E-state index is 5.65. The zero-order valence-electron chi connectivity index (χ0n) is 9.32. The van der Waals surface area contributed by atoms with E-state index >= 15 is 0 Å². The molecule has 0 atom stereocenters. The van der Waals surface area contributed by atoms with Crippen LogP contribution >= 0.6 is 0 Å². The Kier molecular flexibility index (Phi) is 4.16. The second-order valence-electron chi connectivity index (χ2n) is 3.70. The van der Waals surface area contributed by atoms with E-state index in [0.29, 0.717) is 13.2 Å². The Morgan fingerprint density at radius 1 is 1.25 bits per heavy atom. The van der Waals surface area contributed by atoms with Crippen LogP contribution in [0.5, 0.6) is 0 Å². The third-order valence-electron chi connectivity index (χ3n) is 2.51. The maximum atomic E-state index is 5.65. The molecule has 1 aromatic rings. The predicted molar refractivity (Wildman–Crippen MR) is 66.7 cm³/mol. The van der Waals surface area contributed by atoms with Crippen LogP contribution < -0.4 is 10.8 Å². The van der Waals surface area contributed by atoms with Crippen LogP contribution in [-0.4, -0.2) is 33.4 Å². The van der Waals surface area contributed by atoms with Crippen LogP contribution in [0, 0.1) is 0 Å². The van der Waals surface area contributed by atoms with Crippen LogP contribution in [0.1, 0.15) is 5.56 Å². The van der Waals surface area contributed by atoms with Gasteiger partial charge in [-0.1, -0.05) is 36.9 Å². The molecular weight excluding hydrogens is 201 g/mol. The lowest BCUT2D eigenvalue weighted by Crippen LogP contribution is -2.43. The molecule has 0 spiro atoms. The summed E-state index contributed by atoms with van der Waals surface area (Å²) in [5, 5.41) is 3.22. The van der Waals surface area contributed by atoms with Crippen molar-refractivity contribution in [1.82, 2.24) is 5.32 Å². The van der Waals surface area contributed by atoms with Gasteiger partial charge >= 0.3 is 7.12 Å². The molecule has 1 aliphatic rings. The Hall–Kier alpha value is -1.10. The zero-order chi connectivity index (χ0) is 11.2. The smallest absolute Gasteiger partial charge is 0.406 e. The van der Waals surface area contributed by atoms with Crippen LogP contribution in [0.2, 0.25) is 0 Å². The molecule has 0 aromatic heterocycles. The van der Waals surface area contributed by atoms with Crippen molar-refractivity contribution in [3.8, 4) is 0 Å². The summed E-state index contributed by atoms with van der Waals surface area (Å²) in [5.41, 5.74) is 2.14. The quantitative estimate of drug-likeness (QED) is 0.738. The van der Waals surface area contributed by atoms with Crippen molar-refractivity contribution in [1.29, 1.82) is 0 Å². The monoisotopic (exact) mass is 217 g/mol. The Morgan fingerprint density at radius 3 is 2.69 bits per heavy atom. The normalized spacial score (nSPS) is 17.6. The molecule has 1 N–H and O–H groups in total. The van der Waals surface area contributed by atoms with Crippen LogP contribution in [0.15, 0.2) is 30.8 Å². The van der Waals surface area contributed by atoms with Crippen LogP contribution in [0.25, 0.3) is 6.08 Å². The maximum Gasteiger partial charge on any atom is 0.493 e. The minimum absolute atomic E-state index is 0.248. The van der Waals surface area contributed by atoms with E-state index in [4.69, 9.17) is 9.31 Å². The number of hydrogen-bond acceptors (Lipinski definition) is 3. The first kappa shape index (κ1) is 11.4. The van der Waals surface area contributed by atoms with E-state index < -0.39 is 0 Å². The summed E-state index contributed by atoms with van der Waals surface area (Å²) in [6.45, 7) is 6.85. The summed E-state index contributed by atoms with van der Waals surface area (Å²) < 4.78 is 11.3. The average Bonchev–Trinajstić information content (AvgIpc) is 2.29. The van der Waals surface area contributed by atoms with E-state index in [9.17, 15) is 0 Å². The largest absolute Gasteiger partial charge is 0.493 e. The van der Waals surface area contributed by atoms with Gasteiger partial charge in [0.25, 0.3) is 0 Å². The highest BCUT2D eigenvalue weighted by atomic mass is 16.6. The third-order valence-corrected chi connectivity index (χ3v) is 2.51. The number of benzene rings is 1. The predicted octanol–water partition coefficient (Wildman–Crippen LogP) is 0.661. The summed E-state index contributed by atoms with van der Waals surface area (Å²) in [5.74, 6) is 0. The van der Waals surface area contributed by atoms with E-state index in [-0.39, 0.29) is 7.12 Å². The molecule has 2 rings (SSSR count). The standard InChI is InChI=1S/C12H16BNO2/c1-2-11-4-3-5-12(10-11)13-15-8-6-14-7-9-16-13/h2-5,10,14H,1,6-9H2. The number of nitrogens with one attached hydrogen (secondary N) is 1. The Morgan fingerprint density at radius 2 is 2.00 bits per heavy atom. The van der Waals surface area contributed by atoms with Gasteiger partial charge in [-0.15, -0.1) is 0 Å². The summed E-state index contributed by atoms with van der Waals surface area (Å²) in [6.07, 6.45) is 1.83. The molecular formula is C12H16BNO2. The minimum atomic E-state index is -0.248. The topological polar surface area (TPSA) is 30.5 Å². The fourth-order valence-electron chi connectivity index (χ4n) is 1.67. The minimum Gasteiger partial charge on any atom is -0.406 e. The highest BCUT2D eigenvalue weighted by molar-refractivity contribution is 6.61. The van der Waals surface area contributed by atoms with E-state index in [0.717, 1.165) is 24.1 Å². The molecule has 1 heterocycles. The molecule has 84 valence electrons. The van der Waals surface area contributed by atoms with Gasteiger partial charge < -0.3 is 14.6 Å². The van der Waals surface area contributed by atoms with Gasteiger partial charge in [0.1, 0.15) is 0 Å². The molecule has 4 heteroatoms. The van der Waals surface area contributed by atoms with Crippen molar-refractivity contribution in [3.05, 3.63) is 36.4 Å².